The molecule has 2 aromatic rings. The molecule has 1 heterocycles. The number of benzene rings is 1. The van der Waals surface area contributed by atoms with E-state index < -0.39 is 6.10 Å². The first-order valence-electron chi connectivity index (χ1n) is 7.08. The van der Waals surface area contributed by atoms with Gasteiger partial charge in [0.2, 0.25) is 0 Å². The number of rotatable bonds is 8. The van der Waals surface area contributed by atoms with Crippen LogP contribution in [0.3, 0.4) is 0 Å². The summed E-state index contributed by atoms with van der Waals surface area (Å²) in [6.45, 7) is 6.41. The van der Waals surface area contributed by atoms with Crippen molar-refractivity contribution < 1.29 is 9.84 Å². The van der Waals surface area contributed by atoms with Gasteiger partial charge in [0, 0.05) is 12.3 Å². The highest BCUT2D eigenvalue weighted by atomic mass is 32.2. The molecule has 0 saturated carbocycles. The van der Waals surface area contributed by atoms with Gasteiger partial charge in [-0.15, -0.1) is 16.8 Å². The fraction of sp³-hybridized carbons (Fsp3) is 0.312. The standard InChI is InChI=1S/C16H18N4O2S/c1-3-8-20-12(2)18-19-16(20)23-11-14(21)10-22-15-6-4-13(9-17)5-7-15/h3-7,14,21H,1,8,10-11H2,2H3. The van der Waals surface area contributed by atoms with Gasteiger partial charge >= 0.3 is 0 Å². The second-order valence-corrected chi connectivity index (χ2v) is 5.83. The number of hydrogen-bond donors (Lipinski definition) is 1. The minimum absolute atomic E-state index is 0.174. The molecule has 2 rings (SSSR count). The Balaban J connectivity index is 1.82. The highest BCUT2D eigenvalue weighted by Gasteiger charge is 2.12. The summed E-state index contributed by atoms with van der Waals surface area (Å²) in [5.74, 6) is 1.89. The number of nitrogens with zero attached hydrogens (tertiary/aromatic N) is 4. The summed E-state index contributed by atoms with van der Waals surface area (Å²) in [4.78, 5) is 0. The Kier molecular flexibility index (Phi) is 6.20. The molecule has 0 aliphatic rings. The summed E-state index contributed by atoms with van der Waals surface area (Å²) < 4.78 is 7.44. The van der Waals surface area contributed by atoms with E-state index in [2.05, 4.69) is 16.8 Å². The highest BCUT2D eigenvalue weighted by molar-refractivity contribution is 7.99. The first kappa shape index (κ1) is 17.1. The Labute approximate surface area is 139 Å². The monoisotopic (exact) mass is 330 g/mol. The maximum Gasteiger partial charge on any atom is 0.191 e. The number of aliphatic hydroxyl groups is 1. The Morgan fingerprint density at radius 2 is 2.17 bits per heavy atom. The van der Waals surface area contributed by atoms with E-state index in [1.54, 1.807) is 30.3 Å². The lowest BCUT2D eigenvalue weighted by Crippen LogP contribution is -2.20. The molecular formula is C16H18N4O2S. The Hall–Kier alpha value is -2.30. The SMILES string of the molecule is C=CCn1c(C)nnc1SCC(O)COc1ccc(C#N)cc1. The predicted octanol–water partition coefficient (Wildman–Crippen LogP) is 2.18. The fourth-order valence-corrected chi connectivity index (χ4v) is 2.74. The molecule has 0 fully saturated rings. The first-order chi connectivity index (χ1) is 11.1. The number of allylic oxidation sites excluding steroid dienone is 1. The van der Waals surface area contributed by atoms with Gasteiger partial charge in [-0.3, -0.25) is 0 Å². The van der Waals surface area contributed by atoms with Crippen LogP contribution in [-0.2, 0) is 6.54 Å². The van der Waals surface area contributed by atoms with Crippen molar-refractivity contribution in [1.82, 2.24) is 14.8 Å². The fourth-order valence-electron chi connectivity index (χ4n) is 1.84. The molecule has 0 aliphatic carbocycles. The summed E-state index contributed by atoms with van der Waals surface area (Å²) in [6, 6.07) is 8.82. The molecule has 0 radical (unpaired) electrons. The molecule has 0 amide bonds. The third-order valence-corrected chi connectivity index (χ3v) is 4.16. The third kappa shape index (κ3) is 4.84. The maximum absolute atomic E-state index is 10.0. The van der Waals surface area contributed by atoms with Crippen molar-refractivity contribution in [3.05, 3.63) is 48.3 Å². The Morgan fingerprint density at radius 3 is 2.83 bits per heavy atom. The van der Waals surface area contributed by atoms with E-state index >= 15 is 0 Å². The van der Waals surface area contributed by atoms with Gasteiger partial charge in [0.05, 0.1) is 17.7 Å². The molecule has 23 heavy (non-hydrogen) atoms. The average Bonchev–Trinajstić information content (AvgIpc) is 2.92. The number of thioether (sulfide) groups is 1. The number of ether oxygens (including phenoxy) is 1. The molecule has 0 saturated heterocycles. The molecule has 1 aromatic heterocycles. The number of aliphatic hydroxyl groups excluding tert-OH is 1. The topological polar surface area (TPSA) is 84.0 Å². The number of aromatic nitrogens is 3. The van der Waals surface area contributed by atoms with Gasteiger partial charge in [-0.05, 0) is 31.2 Å². The lowest BCUT2D eigenvalue weighted by molar-refractivity contribution is 0.126. The highest BCUT2D eigenvalue weighted by Crippen LogP contribution is 2.18. The predicted molar refractivity (Wildman–Crippen MR) is 88.3 cm³/mol. The molecule has 7 heteroatoms. The van der Waals surface area contributed by atoms with Crippen LogP contribution in [0.4, 0.5) is 0 Å². The van der Waals surface area contributed by atoms with Gasteiger partial charge in [0.15, 0.2) is 5.16 Å². The van der Waals surface area contributed by atoms with Crippen LogP contribution in [0.5, 0.6) is 5.75 Å². The second kappa shape index (κ2) is 8.36. The molecule has 120 valence electrons. The van der Waals surface area contributed by atoms with E-state index in [1.807, 2.05) is 17.6 Å². The molecule has 1 unspecified atom stereocenters. The van der Waals surface area contributed by atoms with Gasteiger partial charge in [0.1, 0.15) is 18.2 Å². The number of nitriles is 1. The molecular weight excluding hydrogens is 312 g/mol. The Bertz CT molecular complexity index is 691. The van der Waals surface area contributed by atoms with Crippen molar-refractivity contribution >= 4 is 11.8 Å². The van der Waals surface area contributed by atoms with Crippen LogP contribution in [0.1, 0.15) is 11.4 Å². The van der Waals surface area contributed by atoms with Crippen molar-refractivity contribution in [2.24, 2.45) is 0 Å². The van der Waals surface area contributed by atoms with Crippen molar-refractivity contribution in [1.29, 1.82) is 5.26 Å². The largest absolute Gasteiger partial charge is 0.491 e. The lowest BCUT2D eigenvalue weighted by atomic mass is 10.2. The van der Waals surface area contributed by atoms with Gasteiger partial charge < -0.3 is 14.4 Å². The van der Waals surface area contributed by atoms with Crippen LogP contribution in [0, 0.1) is 18.3 Å². The van der Waals surface area contributed by atoms with Crippen LogP contribution >= 0.6 is 11.8 Å². The van der Waals surface area contributed by atoms with Crippen molar-refractivity contribution in [3.63, 3.8) is 0 Å². The molecule has 0 aliphatic heterocycles. The Morgan fingerprint density at radius 1 is 1.43 bits per heavy atom. The normalized spacial score (nSPS) is 11.7. The van der Waals surface area contributed by atoms with Gasteiger partial charge in [-0.1, -0.05) is 17.8 Å². The molecule has 1 atom stereocenters. The van der Waals surface area contributed by atoms with Crippen LogP contribution in [0.25, 0.3) is 0 Å². The van der Waals surface area contributed by atoms with Crippen LogP contribution in [-0.4, -0.2) is 38.3 Å². The van der Waals surface area contributed by atoms with Crippen molar-refractivity contribution in [2.75, 3.05) is 12.4 Å². The average molecular weight is 330 g/mol. The zero-order chi connectivity index (χ0) is 16.7. The van der Waals surface area contributed by atoms with E-state index in [4.69, 9.17) is 10.00 Å². The van der Waals surface area contributed by atoms with E-state index in [0.29, 0.717) is 23.6 Å². The van der Waals surface area contributed by atoms with Gasteiger partial charge in [-0.2, -0.15) is 5.26 Å². The van der Waals surface area contributed by atoms with E-state index in [1.165, 1.54) is 11.8 Å². The summed E-state index contributed by atoms with van der Waals surface area (Å²) in [6.07, 6.45) is 1.15. The van der Waals surface area contributed by atoms with Crippen LogP contribution in [0.2, 0.25) is 0 Å². The minimum Gasteiger partial charge on any atom is -0.491 e. The van der Waals surface area contributed by atoms with Crippen LogP contribution in [0.15, 0.2) is 42.1 Å². The third-order valence-electron chi connectivity index (χ3n) is 3.04. The lowest BCUT2D eigenvalue weighted by Gasteiger charge is -2.12. The van der Waals surface area contributed by atoms with E-state index in [-0.39, 0.29) is 6.61 Å². The summed E-state index contributed by atoms with van der Waals surface area (Å²) in [5, 5.41) is 27.6. The first-order valence-corrected chi connectivity index (χ1v) is 8.07. The molecule has 1 N–H and O–H groups in total. The zero-order valence-corrected chi connectivity index (χ0v) is 13.7. The van der Waals surface area contributed by atoms with Gasteiger partial charge in [0.25, 0.3) is 0 Å². The quantitative estimate of drug-likeness (QED) is 0.590. The molecule has 6 nitrogen and oxygen atoms in total. The summed E-state index contributed by atoms with van der Waals surface area (Å²) in [7, 11) is 0. The molecule has 0 spiro atoms. The summed E-state index contributed by atoms with van der Waals surface area (Å²) >= 11 is 1.43. The number of hydrogen-bond acceptors (Lipinski definition) is 6. The molecule has 0 bridgehead atoms. The summed E-state index contributed by atoms with van der Waals surface area (Å²) in [5.41, 5.74) is 0.574. The maximum atomic E-state index is 10.0. The van der Waals surface area contributed by atoms with Crippen LogP contribution < -0.4 is 4.74 Å². The van der Waals surface area contributed by atoms with E-state index in [0.717, 1.165) is 11.0 Å². The van der Waals surface area contributed by atoms with Crippen molar-refractivity contribution in [2.45, 2.75) is 24.7 Å². The minimum atomic E-state index is -0.634. The second-order valence-electron chi connectivity index (χ2n) is 4.84. The van der Waals surface area contributed by atoms with E-state index in [9.17, 15) is 5.11 Å². The molecule has 1 aromatic carbocycles. The van der Waals surface area contributed by atoms with Crippen molar-refractivity contribution in [3.8, 4) is 11.8 Å². The number of aryl methyl sites for hydroxylation is 1. The van der Waals surface area contributed by atoms with Gasteiger partial charge in [-0.25, -0.2) is 0 Å². The zero-order valence-electron chi connectivity index (χ0n) is 12.8. The smallest absolute Gasteiger partial charge is 0.191 e.